The van der Waals surface area contributed by atoms with Crippen molar-refractivity contribution in [3.63, 3.8) is 0 Å². The molecule has 2 aromatic rings. The maximum atomic E-state index is 14.6. The number of sulfonamides is 1. The van der Waals surface area contributed by atoms with Crippen molar-refractivity contribution in [1.29, 1.82) is 0 Å². The van der Waals surface area contributed by atoms with Crippen LogP contribution in [0.4, 0.5) is 10.1 Å². The van der Waals surface area contributed by atoms with Crippen LogP contribution in [0.5, 0.6) is 5.75 Å². The number of carbonyl (C=O) groups excluding carboxylic acids is 1. The number of ether oxygens (including phenoxy) is 1. The third-order valence-electron chi connectivity index (χ3n) is 4.62. The highest BCUT2D eigenvalue weighted by Crippen LogP contribution is 2.35. The molecule has 0 spiro atoms. The van der Waals surface area contributed by atoms with Crippen LogP contribution in [-0.4, -0.2) is 49.5 Å². The number of nitrogens with two attached hydrogens (primary N) is 1. The zero-order valence-electron chi connectivity index (χ0n) is 16.3. The molecular weight excluding hydrogens is 481 g/mol. The first-order chi connectivity index (χ1) is 14.0. The van der Waals surface area contributed by atoms with E-state index >= 15 is 0 Å². The maximum absolute atomic E-state index is 14.6. The smallest absolute Gasteiger partial charge is 0.278 e. The van der Waals surface area contributed by atoms with Crippen LogP contribution >= 0.6 is 15.9 Å². The number of nitrogens with zero attached hydrogens (tertiary/aromatic N) is 3. The number of hydrogen-bond donors (Lipinski definition) is 2. The van der Waals surface area contributed by atoms with E-state index in [1.54, 1.807) is 6.07 Å². The van der Waals surface area contributed by atoms with E-state index in [1.807, 2.05) is 0 Å². The lowest BCUT2D eigenvalue weighted by Gasteiger charge is -2.34. The Morgan fingerprint density at radius 1 is 1.40 bits per heavy atom. The third kappa shape index (κ3) is 4.10. The summed E-state index contributed by atoms with van der Waals surface area (Å²) in [5.74, 6) is -1.74. The van der Waals surface area contributed by atoms with E-state index in [4.69, 9.17) is 10.5 Å². The highest BCUT2D eigenvalue weighted by molar-refractivity contribution is 9.10. The molecule has 0 saturated carbocycles. The van der Waals surface area contributed by atoms with E-state index in [1.165, 1.54) is 39.4 Å². The fourth-order valence-electron chi connectivity index (χ4n) is 3.04. The Labute approximate surface area is 181 Å². The number of benzene rings is 1. The molecule has 1 amide bonds. The Balaban J connectivity index is 1.98. The molecule has 0 bridgehead atoms. The van der Waals surface area contributed by atoms with Gasteiger partial charge in [-0.05, 0) is 47.1 Å². The molecule has 1 atom stereocenters. The molecule has 0 radical (unpaired) electrons. The molecule has 3 rings (SSSR count). The van der Waals surface area contributed by atoms with Crippen molar-refractivity contribution in [2.45, 2.75) is 12.5 Å². The number of nitrogens with one attached hydrogen (secondary N) is 1. The molecule has 12 heteroatoms. The van der Waals surface area contributed by atoms with Gasteiger partial charge in [0.15, 0.2) is 11.4 Å². The number of amides is 1. The summed E-state index contributed by atoms with van der Waals surface area (Å²) in [6.07, 6.45) is 1.44. The molecule has 1 aliphatic rings. The van der Waals surface area contributed by atoms with Gasteiger partial charge in [-0.25, -0.2) is 27.1 Å². The van der Waals surface area contributed by atoms with Crippen LogP contribution in [0.1, 0.15) is 23.0 Å². The predicted octanol–water partition coefficient (Wildman–Crippen LogP) is 2.05. The summed E-state index contributed by atoms with van der Waals surface area (Å²) in [7, 11) is -1.10. The second kappa shape index (κ2) is 7.84. The largest absolute Gasteiger partial charge is 0.494 e. The number of rotatable bonds is 4. The monoisotopic (exact) mass is 499 g/mol. The highest BCUT2D eigenvalue weighted by Gasteiger charge is 2.41. The second-order valence-corrected chi connectivity index (χ2v) is 9.74. The van der Waals surface area contributed by atoms with Gasteiger partial charge in [-0.1, -0.05) is 0 Å². The number of carbonyl (C=O) groups is 1. The lowest BCUT2D eigenvalue weighted by molar-refractivity contribution is 0.101. The molecule has 2 heterocycles. The van der Waals surface area contributed by atoms with Crippen molar-refractivity contribution in [1.82, 2.24) is 9.29 Å². The Kier molecular flexibility index (Phi) is 5.74. The summed E-state index contributed by atoms with van der Waals surface area (Å²) in [6.45, 7) is 1.47. The van der Waals surface area contributed by atoms with Gasteiger partial charge in [-0.15, -0.1) is 0 Å². The Morgan fingerprint density at radius 2 is 2.10 bits per heavy atom. The van der Waals surface area contributed by atoms with Crippen LogP contribution in [-0.2, 0) is 15.6 Å². The number of guanidine groups is 1. The van der Waals surface area contributed by atoms with Crippen molar-refractivity contribution in [3.8, 4) is 5.75 Å². The minimum absolute atomic E-state index is 0.0179. The number of pyridine rings is 1. The normalized spacial score (nSPS) is 20.4. The molecule has 160 valence electrons. The summed E-state index contributed by atoms with van der Waals surface area (Å²) >= 11 is 3.25. The van der Waals surface area contributed by atoms with Crippen molar-refractivity contribution >= 4 is 43.5 Å². The summed E-state index contributed by atoms with van der Waals surface area (Å²) in [5, 5.41) is 2.61. The molecule has 1 aromatic carbocycles. The van der Waals surface area contributed by atoms with Gasteiger partial charge in [-0.2, -0.15) is 0 Å². The van der Waals surface area contributed by atoms with E-state index in [9.17, 15) is 17.6 Å². The van der Waals surface area contributed by atoms with Gasteiger partial charge in [-0.3, -0.25) is 4.79 Å². The zero-order valence-corrected chi connectivity index (χ0v) is 18.7. The SMILES string of the molecule is COc1cc(Br)cnc1C(=O)Nc1ccc(F)c([C@]2(C)CS(=O)(=O)N(C)C(N)=N2)c1. The first kappa shape index (κ1) is 22.0. The van der Waals surface area contributed by atoms with Crippen LogP contribution < -0.4 is 15.8 Å². The number of anilines is 1. The van der Waals surface area contributed by atoms with Crippen LogP contribution in [0.3, 0.4) is 0 Å². The number of hydrogen-bond acceptors (Lipinski definition) is 7. The molecule has 1 aliphatic heterocycles. The Morgan fingerprint density at radius 3 is 2.73 bits per heavy atom. The molecule has 0 unspecified atom stereocenters. The van der Waals surface area contributed by atoms with Gasteiger partial charge in [0.05, 0.1) is 12.9 Å². The van der Waals surface area contributed by atoms with E-state index in [0.29, 0.717) is 4.47 Å². The minimum Gasteiger partial charge on any atom is -0.494 e. The first-order valence-corrected chi connectivity index (χ1v) is 11.0. The van der Waals surface area contributed by atoms with Crippen molar-refractivity contribution < 1.29 is 22.3 Å². The van der Waals surface area contributed by atoms with Crippen molar-refractivity contribution in [3.05, 3.63) is 52.0 Å². The number of methoxy groups -OCH3 is 1. The lowest BCUT2D eigenvalue weighted by Crippen LogP contribution is -2.50. The van der Waals surface area contributed by atoms with Gasteiger partial charge in [0.1, 0.15) is 11.4 Å². The summed E-state index contributed by atoms with van der Waals surface area (Å²) < 4.78 is 46.0. The van der Waals surface area contributed by atoms with Crippen LogP contribution in [0.25, 0.3) is 0 Å². The van der Waals surface area contributed by atoms with Gasteiger partial charge < -0.3 is 15.8 Å². The molecule has 0 aliphatic carbocycles. The standard InChI is InChI=1S/C18H19BrFN5O4S/c1-18(9-30(27,28)25(2)17(21)24-18)12-7-11(4-5-13(12)20)23-16(26)15-14(29-3)6-10(19)8-22-15/h4-8H,9H2,1-3H3,(H2,21,24)(H,23,26)/t18-/m0/s1. The predicted molar refractivity (Wildman–Crippen MR) is 113 cm³/mol. The summed E-state index contributed by atoms with van der Waals surface area (Å²) in [6, 6.07) is 5.39. The molecule has 0 fully saturated rings. The fourth-order valence-corrected chi connectivity index (χ4v) is 4.80. The maximum Gasteiger partial charge on any atom is 0.278 e. The van der Waals surface area contributed by atoms with Crippen molar-refractivity contribution in [2.75, 3.05) is 25.2 Å². The topological polar surface area (TPSA) is 127 Å². The quantitative estimate of drug-likeness (QED) is 0.662. The van der Waals surface area contributed by atoms with E-state index in [0.717, 1.165) is 10.4 Å². The summed E-state index contributed by atoms with van der Waals surface area (Å²) in [5.41, 5.74) is 4.51. The fraction of sp³-hybridized carbons (Fsp3) is 0.278. The molecule has 3 N–H and O–H groups in total. The minimum atomic E-state index is -3.78. The van der Waals surface area contributed by atoms with Crippen LogP contribution in [0.2, 0.25) is 0 Å². The van der Waals surface area contributed by atoms with Crippen LogP contribution in [0, 0.1) is 5.82 Å². The first-order valence-electron chi connectivity index (χ1n) is 8.60. The molecule has 0 saturated heterocycles. The van der Waals surface area contributed by atoms with E-state index < -0.39 is 33.0 Å². The van der Waals surface area contributed by atoms with Gasteiger partial charge >= 0.3 is 0 Å². The molecule has 1 aromatic heterocycles. The molecular formula is C18H19BrFN5O4S. The van der Waals surface area contributed by atoms with Crippen molar-refractivity contribution in [2.24, 2.45) is 10.7 Å². The zero-order chi connectivity index (χ0) is 22.3. The number of aromatic nitrogens is 1. The number of aliphatic imine (C=N–C) groups is 1. The third-order valence-corrected chi connectivity index (χ3v) is 7.01. The number of halogens is 2. The highest BCUT2D eigenvalue weighted by atomic mass is 79.9. The lowest BCUT2D eigenvalue weighted by atomic mass is 9.93. The van der Waals surface area contributed by atoms with E-state index in [2.05, 4.69) is 31.2 Å². The van der Waals surface area contributed by atoms with Gasteiger partial charge in [0, 0.05) is 29.0 Å². The van der Waals surface area contributed by atoms with Gasteiger partial charge in [0.2, 0.25) is 16.0 Å². The van der Waals surface area contributed by atoms with Crippen LogP contribution in [0.15, 0.2) is 39.9 Å². The average molecular weight is 500 g/mol. The molecule has 9 nitrogen and oxygen atoms in total. The van der Waals surface area contributed by atoms with E-state index in [-0.39, 0.29) is 28.7 Å². The summed E-state index contributed by atoms with van der Waals surface area (Å²) in [4.78, 5) is 20.9. The second-order valence-electron chi connectivity index (χ2n) is 6.82. The van der Waals surface area contributed by atoms with Gasteiger partial charge in [0.25, 0.3) is 5.91 Å². The Hall–Kier alpha value is -2.73. The Bertz CT molecular complexity index is 1160. The average Bonchev–Trinajstić information content (AvgIpc) is 2.66. The molecule has 30 heavy (non-hydrogen) atoms.